The average molecular weight is 207 g/mol. The number of carbonyl (C=O) groups is 2. The molecule has 1 heterocycles. The number of hydrogen-bond donors (Lipinski definition) is 3. The smallest absolute Gasteiger partial charge is 0.326 e. The lowest BCUT2D eigenvalue weighted by atomic mass is 9.90. The molecular weight excluding hydrogens is 198 g/mol. The number of aliphatic carboxylic acids is 1. The van der Waals surface area contributed by atoms with Crippen LogP contribution in [0.3, 0.4) is 0 Å². The molecule has 1 aliphatic heterocycles. The van der Waals surface area contributed by atoms with Gasteiger partial charge in [-0.15, -0.1) is 0 Å². The van der Waals surface area contributed by atoms with Crippen LogP contribution >= 0.6 is 0 Å². The second-order valence-electron chi connectivity index (χ2n) is 3.42. The van der Waals surface area contributed by atoms with Crippen LogP contribution < -0.4 is 5.32 Å². The number of aliphatic hydroxyl groups excluding tert-OH is 1. The highest BCUT2D eigenvalue weighted by Gasteiger charge is 2.26. The van der Waals surface area contributed by atoms with Gasteiger partial charge in [0.15, 0.2) is 5.76 Å². The Morgan fingerprint density at radius 2 is 2.20 bits per heavy atom. The summed E-state index contributed by atoms with van der Waals surface area (Å²) in [6.07, 6.45) is 4.36. The van der Waals surface area contributed by atoms with Crippen LogP contribution in [0.15, 0.2) is 35.3 Å². The van der Waals surface area contributed by atoms with Gasteiger partial charge in [0.25, 0.3) is 0 Å². The Balaban J connectivity index is 2.31. The number of carbonyl (C=O) groups excluding carboxylic acids is 1. The maximum absolute atomic E-state index is 11.1. The van der Waals surface area contributed by atoms with Crippen LogP contribution in [0.4, 0.5) is 0 Å². The van der Waals surface area contributed by atoms with Crippen molar-refractivity contribution in [2.24, 2.45) is 0 Å². The van der Waals surface area contributed by atoms with Crippen LogP contribution in [0.25, 0.3) is 0 Å². The van der Waals surface area contributed by atoms with Gasteiger partial charge >= 0.3 is 5.97 Å². The average Bonchev–Trinajstić information content (AvgIpc) is 2.19. The first-order valence-electron chi connectivity index (χ1n) is 4.43. The van der Waals surface area contributed by atoms with Crippen LogP contribution in [-0.2, 0) is 9.59 Å². The van der Waals surface area contributed by atoms with E-state index in [0.29, 0.717) is 11.1 Å². The minimum atomic E-state index is -0.961. The molecule has 0 spiro atoms. The maximum Gasteiger partial charge on any atom is 0.326 e. The van der Waals surface area contributed by atoms with Gasteiger partial charge < -0.3 is 15.5 Å². The SMILES string of the molecule is O=C1C=C2CC(C(=O)O)NC=C2C=C1O. The summed E-state index contributed by atoms with van der Waals surface area (Å²) in [5.41, 5.74) is 1.30. The number of carboxylic acid groups (broad SMARTS) is 1. The lowest BCUT2D eigenvalue weighted by Gasteiger charge is -2.23. The molecule has 1 aliphatic carbocycles. The maximum atomic E-state index is 11.1. The van der Waals surface area contributed by atoms with Gasteiger partial charge in [0.05, 0.1) is 0 Å². The van der Waals surface area contributed by atoms with Gasteiger partial charge in [0.2, 0.25) is 5.78 Å². The van der Waals surface area contributed by atoms with E-state index >= 15 is 0 Å². The lowest BCUT2D eigenvalue weighted by molar-refractivity contribution is -0.139. The van der Waals surface area contributed by atoms with Gasteiger partial charge in [0.1, 0.15) is 6.04 Å². The van der Waals surface area contributed by atoms with Crippen molar-refractivity contribution >= 4 is 11.8 Å². The summed E-state index contributed by atoms with van der Waals surface area (Å²) in [7, 11) is 0. The van der Waals surface area contributed by atoms with Crippen molar-refractivity contribution in [3.05, 3.63) is 35.3 Å². The Hall–Kier alpha value is -2.04. The predicted octanol–water partition coefficient (Wildman–Crippen LogP) is 0.268. The number of fused-ring (bicyclic) bond motifs is 1. The molecule has 15 heavy (non-hydrogen) atoms. The summed E-state index contributed by atoms with van der Waals surface area (Å²) in [5, 5.41) is 20.6. The first-order valence-corrected chi connectivity index (χ1v) is 4.43. The van der Waals surface area contributed by atoms with Crippen molar-refractivity contribution in [1.82, 2.24) is 5.32 Å². The van der Waals surface area contributed by atoms with Gasteiger partial charge in [-0.05, 0) is 23.3 Å². The molecule has 0 bridgehead atoms. The highest BCUT2D eigenvalue weighted by molar-refractivity contribution is 6.05. The molecule has 3 N–H and O–H groups in total. The molecule has 0 amide bonds. The standard InChI is InChI=1S/C10H9NO4/c12-8-2-5-1-7(10(14)15)11-4-6(5)3-9(8)13/h2-4,7,11,13H,1H2,(H,14,15). The van der Waals surface area contributed by atoms with Gasteiger partial charge in [-0.2, -0.15) is 0 Å². The molecule has 2 rings (SSSR count). The fourth-order valence-corrected chi connectivity index (χ4v) is 1.57. The summed E-state index contributed by atoms with van der Waals surface area (Å²) < 4.78 is 0. The molecule has 5 nitrogen and oxygen atoms in total. The van der Waals surface area contributed by atoms with E-state index in [1.165, 1.54) is 18.4 Å². The zero-order valence-electron chi connectivity index (χ0n) is 7.73. The fourth-order valence-electron chi connectivity index (χ4n) is 1.57. The van der Waals surface area contributed by atoms with E-state index in [9.17, 15) is 14.7 Å². The molecule has 2 aliphatic rings. The van der Waals surface area contributed by atoms with Crippen LogP contribution in [0, 0.1) is 0 Å². The molecule has 1 atom stereocenters. The first-order chi connectivity index (χ1) is 7.08. The normalized spacial score (nSPS) is 24.4. The Morgan fingerprint density at radius 1 is 1.47 bits per heavy atom. The van der Waals surface area contributed by atoms with Crippen molar-refractivity contribution in [3.63, 3.8) is 0 Å². The second kappa shape index (κ2) is 3.27. The molecule has 0 aromatic heterocycles. The molecule has 78 valence electrons. The van der Waals surface area contributed by atoms with E-state index in [4.69, 9.17) is 5.11 Å². The number of rotatable bonds is 1. The number of hydrogen-bond acceptors (Lipinski definition) is 4. The molecular formula is C10H9NO4. The second-order valence-corrected chi connectivity index (χ2v) is 3.42. The largest absolute Gasteiger partial charge is 0.504 e. The molecule has 0 saturated carbocycles. The van der Waals surface area contributed by atoms with Gasteiger partial charge in [-0.1, -0.05) is 0 Å². The molecule has 1 unspecified atom stereocenters. The summed E-state index contributed by atoms with van der Waals surface area (Å²) >= 11 is 0. The Morgan fingerprint density at radius 3 is 2.87 bits per heavy atom. The lowest BCUT2D eigenvalue weighted by Crippen LogP contribution is -2.37. The van der Waals surface area contributed by atoms with Crippen LogP contribution in [-0.4, -0.2) is 28.0 Å². The van der Waals surface area contributed by atoms with E-state index in [1.807, 2.05) is 0 Å². The van der Waals surface area contributed by atoms with E-state index in [0.717, 1.165) is 0 Å². The van der Waals surface area contributed by atoms with Gasteiger partial charge in [-0.3, -0.25) is 4.79 Å². The van der Waals surface area contributed by atoms with Crippen molar-refractivity contribution in [3.8, 4) is 0 Å². The number of carboxylic acids is 1. The van der Waals surface area contributed by atoms with E-state index in [1.54, 1.807) is 0 Å². The minimum absolute atomic E-state index is 0.247. The third-order valence-electron chi connectivity index (χ3n) is 2.38. The van der Waals surface area contributed by atoms with Crippen molar-refractivity contribution in [1.29, 1.82) is 0 Å². The van der Waals surface area contributed by atoms with E-state index in [-0.39, 0.29) is 12.2 Å². The first kappa shape index (κ1) is 9.51. The Kier molecular flexibility index (Phi) is 2.07. The summed E-state index contributed by atoms with van der Waals surface area (Å²) in [6.45, 7) is 0. The zero-order valence-corrected chi connectivity index (χ0v) is 7.73. The van der Waals surface area contributed by atoms with E-state index in [2.05, 4.69) is 5.32 Å². The van der Waals surface area contributed by atoms with Crippen LogP contribution in [0.5, 0.6) is 0 Å². The Labute approximate surface area is 85.4 Å². The summed E-state index contributed by atoms with van der Waals surface area (Å²) in [4.78, 5) is 21.8. The summed E-state index contributed by atoms with van der Waals surface area (Å²) in [5.74, 6) is -1.76. The van der Waals surface area contributed by atoms with Crippen molar-refractivity contribution in [2.75, 3.05) is 0 Å². The van der Waals surface area contributed by atoms with Crippen molar-refractivity contribution < 1.29 is 19.8 Å². The van der Waals surface area contributed by atoms with Crippen LogP contribution in [0.2, 0.25) is 0 Å². The zero-order chi connectivity index (χ0) is 11.0. The molecule has 0 aromatic rings. The van der Waals surface area contributed by atoms with E-state index < -0.39 is 17.8 Å². The van der Waals surface area contributed by atoms with Gasteiger partial charge in [-0.25, -0.2) is 4.79 Å². The monoisotopic (exact) mass is 207 g/mol. The third-order valence-corrected chi connectivity index (χ3v) is 2.38. The number of nitrogens with one attached hydrogen (secondary N) is 1. The number of ketones is 1. The molecule has 0 fully saturated rings. The van der Waals surface area contributed by atoms with Crippen molar-refractivity contribution in [2.45, 2.75) is 12.5 Å². The van der Waals surface area contributed by atoms with Gasteiger partial charge in [0, 0.05) is 12.6 Å². The number of aliphatic hydroxyl groups is 1. The topological polar surface area (TPSA) is 86.6 Å². The summed E-state index contributed by atoms with van der Waals surface area (Å²) in [6, 6.07) is -0.707. The Bertz CT molecular complexity index is 431. The third kappa shape index (κ3) is 1.63. The molecule has 0 aromatic carbocycles. The highest BCUT2D eigenvalue weighted by Crippen LogP contribution is 2.26. The fraction of sp³-hybridized carbons (Fsp3) is 0.200. The highest BCUT2D eigenvalue weighted by atomic mass is 16.4. The quantitative estimate of drug-likeness (QED) is 0.574. The minimum Gasteiger partial charge on any atom is -0.504 e. The number of allylic oxidation sites excluding steroid dienone is 3. The molecule has 0 radical (unpaired) electrons. The predicted molar refractivity (Wildman–Crippen MR) is 51.1 cm³/mol. The van der Waals surface area contributed by atoms with Crippen LogP contribution in [0.1, 0.15) is 6.42 Å². The molecule has 5 heteroatoms. The molecule has 0 saturated heterocycles.